The molecule has 2 N–H and O–H groups in total. The lowest BCUT2D eigenvalue weighted by atomic mass is 10.2. The van der Waals surface area contributed by atoms with E-state index < -0.39 is 6.04 Å². The fraction of sp³-hybridized carbons (Fsp3) is 0.273. The first-order valence-electron chi connectivity index (χ1n) is 4.89. The summed E-state index contributed by atoms with van der Waals surface area (Å²) in [6.45, 7) is 1.82. The van der Waals surface area contributed by atoms with Gasteiger partial charge in [-0.05, 0) is 24.6 Å². The zero-order valence-electron chi connectivity index (χ0n) is 8.74. The van der Waals surface area contributed by atoms with Crippen LogP contribution in [0.25, 0.3) is 0 Å². The fourth-order valence-electron chi connectivity index (χ4n) is 1.73. The number of nitrogens with two attached hydrogens (primary N) is 1. The molecule has 1 aromatic rings. The third kappa shape index (κ3) is 1.70. The number of nitrogens with zero attached hydrogens (tertiary/aromatic N) is 1. The van der Waals surface area contributed by atoms with Crippen LogP contribution < -0.4 is 10.6 Å². The Hall–Kier alpha value is -1.39. The molecule has 5 heteroatoms. The van der Waals surface area contributed by atoms with Crippen LogP contribution in [0.5, 0.6) is 0 Å². The molecule has 16 heavy (non-hydrogen) atoms. The quantitative estimate of drug-likeness (QED) is 0.749. The van der Waals surface area contributed by atoms with Crippen molar-refractivity contribution in [3.8, 4) is 0 Å². The van der Waals surface area contributed by atoms with Crippen molar-refractivity contribution < 1.29 is 9.59 Å². The average Bonchev–Trinajstić information content (AvgIpc) is 2.46. The maximum absolute atomic E-state index is 11.7. The molecular weight excluding hydrogens is 228 g/mol. The van der Waals surface area contributed by atoms with Gasteiger partial charge in [-0.2, -0.15) is 0 Å². The van der Waals surface area contributed by atoms with Crippen LogP contribution in [0.3, 0.4) is 0 Å². The highest BCUT2D eigenvalue weighted by atomic mass is 35.5. The van der Waals surface area contributed by atoms with Gasteiger partial charge in [0.25, 0.3) is 5.91 Å². The van der Waals surface area contributed by atoms with Crippen LogP contribution >= 0.6 is 11.6 Å². The number of carbonyl (C=O) groups is 2. The van der Waals surface area contributed by atoms with Crippen LogP contribution in [0.4, 0.5) is 5.69 Å². The molecule has 1 atom stereocenters. The van der Waals surface area contributed by atoms with E-state index in [1.807, 2.05) is 6.92 Å². The van der Waals surface area contributed by atoms with Gasteiger partial charge in [0.2, 0.25) is 5.91 Å². The number of imide groups is 1. The lowest BCUT2D eigenvalue weighted by Gasteiger charge is -2.17. The molecule has 2 rings (SSSR count). The molecule has 84 valence electrons. The number of carbonyl (C=O) groups excluding carboxylic acids is 2. The van der Waals surface area contributed by atoms with Gasteiger partial charge < -0.3 is 5.73 Å². The normalized spacial score (nSPS) is 20.7. The number of rotatable bonds is 1. The molecule has 1 aliphatic rings. The number of amides is 2. The van der Waals surface area contributed by atoms with E-state index in [-0.39, 0.29) is 18.2 Å². The van der Waals surface area contributed by atoms with Crippen molar-refractivity contribution in [2.75, 3.05) is 4.90 Å². The molecule has 1 fully saturated rings. The Bertz CT molecular complexity index is 473. The maximum atomic E-state index is 11.7. The second kappa shape index (κ2) is 3.88. The molecule has 2 amide bonds. The molecule has 0 aliphatic carbocycles. The second-order valence-corrected chi connectivity index (χ2v) is 4.25. The topological polar surface area (TPSA) is 63.4 Å². The number of anilines is 1. The summed E-state index contributed by atoms with van der Waals surface area (Å²) < 4.78 is 0. The third-order valence-electron chi connectivity index (χ3n) is 2.59. The van der Waals surface area contributed by atoms with Gasteiger partial charge in [0.1, 0.15) is 0 Å². The monoisotopic (exact) mass is 238 g/mol. The van der Waals surface area contributed by atoms with E-state index in [4.69, 9.17) is 17.3 Å². The minimum atomic E-state index is -0.731. The summed E-state index contributed by atoms with van der Waals surface area (Å²) in [4.78, 5) is 24.5. The predicted molar refractivity (Wildman–Crippen MR) is 61.3 cm³/mol. The molecule has 0 aromatic heterocycles. The van der Waals surface area contributed by atoms with Crippen LogP contribution in [0, 0.1) is 6.92 Å². The highest BCUT2D eigenvalue weighted by Crippen LogP contribution is 2.28. The van der Waals surface area contributed by atoms with Crippen molar-refractivity contribution in [2.45, 2.75) is 19.4 Å². The Kier molecular flexibility index (Phi) is 2.69. The van der Waals surface area contributed by atoms with E-state index in [9.17, 15) is 9.59 Å². The van der Waals surface area contributed by atoms with Gasteiger partial charge in [-0.1, -0.05) is 17.7 Å². The number of hydrogen-bond acceptors (Lipinski definition) is 3. The van der Waals surface area contributed by atoms with Crippen molar-refractivity contribution in [3.05, 3.63) is 28.8 Å². The number of benzene rings is 1. The first-order valence-corrected chi connectivity index (χ1v) is 5.27. The molecule has 0 spiro atoms. The Labute approximate surface area is 98.0 Å². The summed E-state index contributed by atoms with van der Waals surface area (Å²) in [7, 11) is 0. The predicted octanol–water partition coefficient (Wildman–Crippen LogP) is 1.24. The standard InChI is InChI=1S/C11H11ClN2O2/c1-6-2-3-7(12)4-9(6)14-10(15)5-8(13)11(14)16/h2-4,8H,5,13H2,1H3/t8-/m0/s1. The van der Waals surface area contributed by atoms with Gasteiger partial charge in [0.15, 0.2) is 0 Å². The molecule has 1 heterocycles. The molecule has 0 saturated carbocycles. The van der Waals surface area contributed by atoms with E-state index in [0.29, 0.717) is 10.7 Å². The Balaban J connectivity index is 2.48. The fourth-order valence-corrected chi connectivity index (χ4v) is 1.90. The first kappa shape index (κ1) is 11.1. The summed E-state index contributed by atoms with van der Waals surface area (Å²) >= 11 is 5.85. The largest absolute Gasteiger partial charge is 0.319 e. The molecule has 1 aliphatic heterocycles. The summed E-state index contributed by atoms with van der Waals surface area (Å²) in [6.07, 6.45) is 0.0603. The van der Waals surface area contributed by atoms with Gasteiger partial charge in [0.05, 0.1) is 18.2 Å². The molecule has 1 aromatic carbocycles. The highest BCUT2D eigenvalue weighted by Gasteiger charge is 2.37. The zero-order valence-corrected chi connectivity index (χ0v) is 9.49. The number of hydrogen-bond donors (Lipinski definition) is 1. The molecule has 1 saturated heterocycles. The Morgan fingerprint density at radius 3 is 2.69 bits per heavy atom. The van der Waals surface area contributed by atoms with E-state index in [1.165, 1.54) is 0 Å². The van der Waals surface area contributed by atoms with E-state index in [0.717, 1.165) is 10.5 Å². The molecule has 0 radical (unpaired) electrons. The molecular formula is C11H11ClN2O2. The lowest BCUT2D eigenvalue weighted by Crippen LogP contribution is -2.35. The van der Waals surface area contributed by atoms with Gasteiger partial charge >= 0.3 is 0 Å². The van der Waals surface area contributed by atoms with E-state index in [1.54, 1.807) is 18.2 Å². The Morgan fingerprint density at radius 2 is 2.12 bits per heavy atom. The second-order valence-electron chi connectivity index (χ2n) is 3.81. The van der Waals surface area contributed by atoms with Gasteiger partial charge in [0, 0.05) is 5.02 Å². The average molecular weight is 239 g/mol. The molecule has 4 nitrogen and oxygen atoms in total. The number of aryl methyl sites for hydroxylation is 1. The SMILES string of the molecule is Cc1ccc(Cl)cc1N1C(=O)C[C@H](N)C1=O. The smallest absolute Gasteiger partial charge is 0.251 e. The zero-order chi connectivity index (χ0) is 11.9. The summed E-state index contributed by atoms with van der Waals surface area (Å²) in [6, 6.07) is 4.35. The third-order valence-corrected chi connectivity index (χ3v) is 2.83. The van der Waals surface area contributed by atoms with Crippen molar-refractivity contribution in [1.29, 1.82) is 0 Å². The van der Waals surface area contributed by atoms with Gasteiger partial charge in [-0.25, -0.2) is 4.90 Å². The maximum Gasteiger partial charge on any atom is 0.251 e. The lowest BCUT2D eigenvalue weighted by molar-refractivity contribution is -0.121. The Morgan fingerprint density at radius 1 is 1.44 bits per heavy atom. The van der Waals surface area contributed by atoms with Crippen molar-refractivity contribution in [2.24, 2.45) is 5.73 Å². The summed E-state index contributed by atoms with van der Waals surface area (Å²) in [5.41, 5.74) is 6.88. The molecule has 0 unspecified atom stereocenters. The minimum absolute atomic E-state index is 0.0603. The van der Waals surface area contributed by atoms with Crippen molar-refractivity contribution in [3.63, 3.8) is 0 Å². The van der Waals surface area contributed by atoms with Gasteiger partial charge in [-0.3, -0.25) is 9.59 Å². The summed E-state index contributed by atoms with van der Waals surface area (Å²) in [5.74, 6) is -0.641. The highest BCUT2D eigenvalue weighted by molar-refractivity contribution is 6.31. The van der Waals surface area contributed by atoms with Crippen LogP contribution in [0.2, 0.25) is 5.02 Å². The van der Waals surface area contributed by atoms with Crippen LogP contribution in [-0.2, 0) is 9.59 Å². The summed E-state index contributed by atoms with van der Waals surface area (Å²) in [5, 5.41) is 0.488. The first-order chi connectivity index (χ1) is 7.50. The van der Waals surface area contributed by atoms with Crippen LogP contribution in [-0.4, -0.2) is 17.9 Å². The number of halogens is 1. The van der Waals surface area contributed by atoms with Gasteiger partial charge in [-0.15, -0.1) is 0 Å². The van der Waals surface area contributed by atoms with E-state index in [2.05, 4.69) is 0 Å². The van der Waals surface area contributed by atoms with E-state index >= 15 is 0 Å². The van der Waals surface area contributed by atoms with Crippen LogP contribution in [0.15, 0.2) is 18.2 Å². The minimum Gasteiger partial charge on any atom is -0.319 e. The molecule has 0 bridgehead atoms. The van der Waals surface area contributed by atoms with Crippen LogP contribution in [0.1, 0.15) is 12.0 Å². The van der Waals surface area contributed by atoms with Crippen molar-refractivity contribution >= 4 is 29.1 Å². The van der Waals surface area contributed by atoms with Crippen molar-refractivity contribution in [1.82, 2.24) is 0 Å².